The van der Waals surface area contributed by atoms with Gasteiger partial charge in [0.15, 0.2) is 0 Å². The van der Waals surface area contributed by atoms with Crippen molar-refractivity contribution in [3.05, 3.63) is 0 Å². The van der Waals surface area contributed by atoms with Crippen LogP contribution in [0, 0.1) is 5.92 Å². The van der Waals surface area contributed by atoms with Gasteiger partial charge in [0.2, 0.25) is 5.91 Å². The maximum absolute atomic E-state index is 11.4. The van der Waals surface area contributed by atoms with E-state index < -0.39 is 0 Å². The molecule has 4 heteroatoms. The van der Waals surface area contributed by atoms with Gasteiger partial charge >= 0.3 is 0 Å². The molecule has 0 spiro atoms. The van der Waals surface area contributed by atoms with Crippen LogP contribution in [0.25, 0.3) is 0 Å². The molecule has 0 aromatic carbocycles. The van der Waals surface area contributed by atoms with Crippen molar-refractivity contribution in [1.82, 2.24) is 10.6 Å². The van der Waals surface area contributed by atoms with Crippen molar-refractivity contribution in [2.45, 2.75) is 18.9 Å². The van der Waals surface area contributed by atoms with E-state index in [0.717, 1.165) is 32.5 Å². The Bertz CT molecular complexity index is 186. The molecule has 13 heavy (non-hydrogen) atoms. The van der Waals surface area contributed by atoms with E-state index in [1.54, 1.807) is 0 Å². The standard InChI is InChI=1S/C9H16N2O2/c12-9(7-4-10-5-7)11-6-8-2-1-3-13-8/h7-8,10H,1-6H2,(H,11,12)/t8-/m1/s1. The molecule has 1 amide bonds. The van der Waals surface area contributed by atoms with Crippen LogP contribution in [0.5, 0.6) is 0 Å². The molecular weight excluding hydrogens is 168 g/mol. The molecule has 2 heterocycles. The van der Waals surface area contributed by atoms with Crippen LogP contribution in [0.1, 0.15) is 12.8 Å². The first-order valence-electron chi connectivity index (χ1n) is 4.96. The number of carbonyl (C=O) groups is 1. The highest BCUT2D eigenvalue weighted by atomic mass is 16.5. The van der Waals surface area contributed by atoms with Crippen molar-refractivity contribution in [1.29, 1.82) is 0 Å². The van der Waals surface area contributed by atoms with Crippen LogP contribution < -0.4 is 10.6 Å². The Labute approximate surface area is 78.0 Å². The number of ether oxygens (including phenoxy) is 1. The minimum atomic E-state index is 0.175. The third-order valence-corrected chi connectivity index (χ3v) is 2.68. The molecule has 2 saturated heterocycles. The molecule has 2 rings (SSSR count). The number of carbonyl (C=O) groups excluding carboxylic acids is 1. The summed E-state index contributed by atoms with van der Waals surface area (Å²) in [5, 5.41) is 6.00. The number of hydrogen-bond acceptors (Lipinski definition) is 3. The molecule has 4 nitrogen and oxygen atoms in total. The van der Waals surface area contributed by atoms with Gasteiger partial charge in [-0.1, -0.05) is 0 Å². The van der Waals surface area contributed by atoms with Gasteiger partial charge in [-0.15, -0.1) is 0 Å². The highest BCUT2D eigenvalue weighted by Crippen LogP contribution is 2.11. The van der Waals surface area contributed by atoms with Crippen LogP contribution in [0.4, 0.5) is 0 Å². The van der Waals surface area contributed by atoms with Crippen molar-refractivity contribution in [3.63, 3.8) is 0 Å². The quantitative estimate of drug-likeness (QED) is 0.622. The molecule has 1 atom stereocenters. The van der Waals surface area contributed by atoms with Gasteiger partial charge in [0.1, 0.15) is 0 Å². The summed E-state index contributed by atoms with van der Waals surface area (Å²) in [6, 6.07) is 0. The summed E-state index contributed by atoms with van der Waals surface area (Å²) in [4.78, 5) is 11.4. The smallest absolute Gasteiger partial charge is 0.225 e. The Morgan fingerprint density at radius 2 is 2.38 bits per heavy atom. The fraction of sp³-hybridized carbons (Fsp3) is 0.889. The monoisotopic (exact) mass is 184 g/mol. The Morgan fingerprint density at radius 1 is 1.54 bits per heavy atom. The minimum absolute atomic E-state index is 0.175. The molecule has 2 aliphatic heterocycles. The van der Waals surface area contributed by atoms with Gasteiger partial charge in [-0.05, 0) is 12.8 Å². The normalized spacial score (nSPS) is 28.5. The summed E-state index contributed by atoms with van der Waals surface area (Å²) in [6.45, 7) is 3.20. The van der Waals surface area contributed by atoms with Gasteiger partial charge < -0.3 is 15.4 Å². The average Bonchev–Trinajstić information content (AvgIpc) is 2.49. The first-order chi connectivity index (χ1) is 6.36. The Morgan fingerprint density at radius 3 is 2.92 bits per heavy atom. The number of rotatable bonds is 3. The fourth-order valence-electron chi connectivity index (χ4n) is 1.64. The minimum Gasteiger partial charge on any atom is -0.376 e. The van der Waals surface area contributed by atoms with Crippen LogP contribution in [-0.2, 0) is 9.53 Å². The third-order valence-electron chi connectivity index (χ3n) is 2.68. The highest BCUT2D eigenvalue weighted by molar-refractivity contribution is 5.80. The lowest BCUT2D eigenvalue weighted by atomic mass is 10.0. The molecular formula is C9H16N2O2. The molecule has 2 N–H and O–H groups in total. The van der Waals surface area contributed by atoms with E-state index in [9.17, 15) is 4.79 Å². The number of amides is 1. The van der Waals surface area contributed by atoms with E-state index in [0.29, 0.717) is 6.54 Å². The maximum Gasteiger partial charge on any atom is 0.225 e. The number of nitrogens with one attached hydrogen (secondary N) is 2. The van der Waals surface area contributed by atoms with Crippen LogP contribution >= 0.6 is 0 Å². The fourth-order valence-corrected chi connectivity index (χ4v) is 1.64. The molecule has 2 aliphatic rings. The molecule has 0 bridgehead atoms. The summed E-state index contributed by atoms with van der Waals surface area (Å²) >= 11 is 0. The maximum atomic E-state index is 11.4. The SMILES string of the molecule is O=C(NC[C@H]1CCCO1)C1CNC1. The molecule has 0 aliphatic carbocycles. The van der Waals surface area contributed by atoms with Gasteiger partial charge in [0, 0.05) is 26.2 Å². The molecule has 0 aromatic rings. The lowest BCUT2D eigenvalue weighted by molar-refractivity contribution is -0.126. The summed E-state index contributed by atoms with van der Waals surface area (Å²) in [6.07, 6.45) is 2.48. The summed E-state index contributed by atoms with van der Waals surface area (Å²) in [5.74, 6) is 0.371. The van der Waals surface area contributed by atoms with Crippen LogP contribution in [0.15, 0.2) is 0 Å². The Kier molecular flexibility index (Phi) is 2.80. The van der Waals surface area contributed by atoms with E-state index in [2.05, 4.69) is 10.6 Å². The molecule has 0 saturated carbocycles. The Balaban J connectivity index is 1.63. The predicted molar refractivity (Wildman–Crippen MR) is 48.3 cm³/mol. The first kappa shape index (κ1) is 8.97. The van der Waals surface area contributed by atoms with Gasteiger partial charge in [0.25, 0.3) is 0 Å². The summed E-state index contributed by atoms with van der Waals surface area (Å²) in [5.41, 5.74) is 0. The molecule has 74 valence electrons. The van der Waals surface area contributed by atoms with Gasteiger partial charge in [0.05, 0.1) is 12.0 Å². The first-order valence-corrected chi connectivity index (χ1v) is 4.96. The van der Waals surface area contributed by atoms with Crippen molar-refractivity contribution in [2.75, 3.05) is 26.2 Å². The van der Waals surface area contributed by atoms with E-state index >= 15 is 0 Å². The highest BCUT2D eigenvalue weighted by Gasteiger charge is 2.25. The van der Waals surface area contributed by atoms with E-state index in [1.807, 2.05) is 0 Å². The van der Waals surface area contributed by atoms with Crippen molar-refractivity contribution >= 4 is 5.91 Å². The zero-order valence-electron chi connectivity index (χ0n) is 7.71. The van der Waals surface area contributed by atoms with Crippen molar-refractivity contribution in [3.8, 4) is 0 Å². The largest absolute Gasteiger partial charge is 0.376 e. The third kappa shape index (κ3) is 2.19. The number of hydrogen-bond donors (Lipinski definition) is 2. The molecule has 0 unspecified atom stereocenters. The second kappa shape index (κ2) is 4.07. The molecule has 2 fully saturated rings. The lowest BCUT2D eigenvalue weighted by Gasteiger charge is -2.26. The van der Waals surface area contributed by atoms with Crippen LogP contribution in [-0.4, -0.2) is 38.3 Å². The summed E-state index contributed by atoms with van der Waals surface area (Å²) < 4.78 is 5.40. The van der Waals surface area contributed by atoms with Gasteiger partial charge in [-0.3, -0.25) is 4.79 Å². The zero-order chi connectivity index (χ0) is 9.10. The van der Waals surface area contributed by atoms with Gasteiger partial charge in [-0.25, -0.2) is 0 Å². The van der Waals surface area contributed by atoms with Crippen LogP contribution in [0.2, 0.25) is 0 Å². The lowest BCUT2D eigenvalue weighted by Crippen LogP contribution is -2.51. The van der Waals surface area contributed by atoms with E-state index in [4.69, 9.17) is 4.74 Å². The van der Waals surface area contributed by atoms with Crippen molar-refractivity contribution in [2.24, 2.45) is 5.92 Å². The zero-order valence-corrected chi connectivity index (χ0v) is 7.71. The molecule has 0 aromatic heterocycles. The van der Waals surface area contributed by atoms with Gasteiger partial charge in [-0.2, -0.15) is 0 Å². The van der Waals surface area contributed by atoms with E-state index in [1.165, 1.54) is 0 Å². The predicted octanol–water partition coefficient (Wildman–Crippen LogP) is -0.499. The Hall–Kier alpha value is -0.610. The van der Waals surface area contributed by atoms with Crippen LogP contribution in [0.3, 0.4) is 0 Å². The van der Waals surface area contributed by atoms with E-state index in [-0.39, 0.29) is 17.9 Å². The molecule has 0 radical (unpaired) electrons. The second-order valence-corrected chi connectivity index (χ2v) is 3.74. The summed E-state index contributed by atoms with van der Waals surface area (Å²) in [7, 11) is 0. The average molecular weight is 184 g/mol. The topological polar surface area (TPSA) is 50.4 Å². The van der Waals surface area contributed by atoms with Crippen molar-refractivity contribution < 1.29 is 9.53 Å². The second-order valence-electron chi connectivity index (χ2n) is 3.74.